The van der Waals surface area contributed by atoms with E-state index in [4.69, 9.17) is 10.2 Å². The molecule has 10 heavy (non-hydrogen) atoms. The summed E-state index contributed by atoms with van der Waals surface area (Å²) in [5.41, 5.74) is 0. The van der Waals surface area contributed by atoms with Gasteiger partial charge in [-0.05, 0) is 13.8 Å². The SMILES string of the molecule is CC#C[C@@H](O)[C@@H](O)C#CC. The van der Waals surface area contributed by atoms with Crippen molar-refractivity contribution < 1.29 is 10.2 Å². The topological polar surface area (TPSA) is 40.5 Å². The molecule has 0 aliphatic rings. The first-order valence-corrected chi connectivity index (χ1v) is 2.93. The van der Waals surface area contributed by atoms with Crippen molar-refractivity contribution in [2.75, 3.05) is 0 Å². The summed E-state index contributed by atoms with van der Waals surface area (Å²) in [4.78, 5) is 0. The summed E-state index contributed by atoms with van der Waals surface area (Å²) in [6, 6.07) is 0. The molecule has 2 N–H and O–H groups in total. The summed E-state index contributed by atoms with van der Waals surface area (Å²) in [7, 11) is 0. The first-order chi connectivity index (χ1) is 4.72. The van der Waals surface area contributed by atoms with E-state index in [1.54, 1.807) is 13.8 Å². The van der Waals surface area contributed by atoms with Gasteiger partial charge in [0.1, 0.15) is 0 Å². The Kier molecular flexibility index (Phi) is 4.41. The Labute approximate surface area is 60.9 Å². The number of aliphatic hydroxyl groups is 2. The van der Waals surface area contributed by atoms with Gasteiger partial charge in [-0.15, -0.1) is 11.8 Å². The summed E-state index contributed by atoms with van der Waals surface area (Å²) in [6.45, 7) is 3.19. The van der Waals surface area contributed by atoms with E-state index >= 15 is 0 Å². The molecule has 2 nitrogen and oxygen atoms in total. The third-order valence-corrected chi connectivity index (χ3v) is 0.884. The molecule has 0 unspecified atom stereocenters. The Morgan fingerprint density at radius 3 is 1.40 bits per heavy atom. The zero-order valence-corrected chi connectivity index (χ0v) is 6.05. The molecule has 0 spiro atoms. The van der Waals surface area contributed by atoms with Crippen LogP contribution in [0, 0.1) is 23.7 Å². The van der Waals surface area contributed by atoms with Crippen molar-refractivity contribution in [3.8, 4) is 23.7 Å². The van der Waals surface area contributed by atoms with Gasteiger partial charge in [-0.2, -0.15) is 0 Å². The predicted molar refractivity (Wildman–Crippen MR) is 38.9 cm³/mol. The standard InChI is InChI=1S/C8H10O2/c1-3-5-7(9)8(10)6-4-2/h7-10H,1-2H3/t7-,8+. The molecule has 0 rings (SSSR count). The number of hydrogen-bond acceptors (Lipinski definition) is 2. The quantitative estimate of drug-likeness (QED) is 0.491. The predicted octanol–water partition coefficient (Wildman–Crippen LogP) is -0.245. The van der Waals surface area contributed by atoms with E-state index < -0.39 is 12.2 Å². The first kappa shape index (κ1) is 9.04. The fourth-order valence-electron chi connectivity index (χ4n) is 0.454. The highest BCUT2D eigenvalue weighted by Gasteiger charge is 2.08. The third-order valence-electron chi connectivity index (χ3n) is 0.884. The van der Waals surface area contributed by atoms with E-state index in [0.717, 1.165) is 0 Å². The van der Waals surface area contributed by atoms with Gasteiger partial charge >= 0.3 is 0 Å². The average molecular weight is 138 g/mol. The van der Waals surface area contributed by atoms with Gasteiger partial charge in [-0.1, -0.05) is 11.8 Å². The van der Waals surface area contributed by atoms with Crippen LogP contribution < -0.4 is 0 Å². The highest BCUT2D eigenvalue weighted by Crippen LogP contribution is 1.88. The molecule has 2 atom stereocenters. The van der Waals surface area contributed by atoms with Crippen LogP contribution in [0.5, 0.6) is 0 Å². The maximum atomic E-state index is 8.92. The van der Waals surface area contributed by atoms with Crippen LogP contribution in [0.15, 0.2) is 0 Å². The molecule has 54 valence electrons. The Hall–Kier alpha value is -0.960. The smallest absolute Gasteiger partial charge is 0.151 e. The van der Waals surface area contributed by atoms with Gasteiger partial charge < -0.3 is 10.2 Å². The minimum Gasteiger partial charge on any atom is -0.377 e. The van der Waals surface area contributed by atoms with Gasteiger partial charge in [0.05, 0.1) is 0 Å². The van der Waals surface area contributed by atoms with Crippen molar-refractivity contribution in [1.29, 1.82) is 0 Å². The Balaban J connectivity index is 3.98. The fourth-order valence-corrected chi connectivity index (χ4v) is 0.454. The van der Waals surface area contributed by atoms with Gasteiger partial charge in [0.25, 0.3) is 0 Å². The average Bonchev–Trinajstić information content (AvgIpc) is 1.89. The van der Waals surface area contributed by atoms with Crippen LogP contribution >= 0.6 is 0 Å². The molecular weight excluding hydrogens is 128 g/mol. The van der Waals surface area contributed by atoms with Crippen molar-refractivity contribution in [2.24, 2.45) is 0 Å². The second-order valence-electron chi connectivity index (χ2n) is 1.68. The van der Waals surface area contributed by atoms with Crippen LogP contribution in [0.1, 0.15) is 13.8 Å². The van der Waals surface area contributed by atoms with Gasteiger partial charge in [0.2, 0.25) is 0 Å². The second-order valence-corrected chi connectivity index (χ2v) is 1.68. The number of hydrogen-bond donors (Lipinski definition) is 2. The van der Waals surface area contributed by atoms with Crippen molar-refractivity contribution >= 4 is 0 Å². The van der Waals surface area contributed by atoms with E-state index in [1.165, 1.54) is 0 Å². The summed E-state index contributed by atoms with van der Waals surface area (Å²) in [6.07, 6.45) is -2.09. The summed E-state index contributed by atoms with van der Waals surface area (Å²) < 4.78 is 0. The molecule has 0 saturated carbocycles. The molecule has 0 aromatic carbocycles. The van der Waals surface area contributed by atoms with Crippen LogP contribution in [0.3, 0.4) is 0 Å². The molecule has 0 heterocycles. The molecular formula is C8H10O2. The molecule has 0 aromatic rings. The maximum Gasteiger partial charge on any atom is 0.151 e. The second kappa shape index (κ2) is 4.88. The fraction of sp³-hybridized carbons (Fsp3) is 0.500. The van der Waals surface area contributed by atoms with Crippen molar-refractivity contribution in [2.45, 2.75) is 26.1 Å². The molecule has 0 aliphatic carbocycles. The zero-order chi connectivity index (χ0) is 7.98. The molecule has 0 saturated heterocycles. The van der Waals surface area contributed by atoms with Crippen LogP contribution in [-0.2, 0) is 0 Å². The molecule has 0 bridgehead atoms. The number of aliphatic hydroxyl groups excluding tert-OH is 2. The van der Waals surface area contributed by atoms with Crippen LogP contribution in [0.25, 0.3) is 0 Å². The lowest BCUT2D eigenvalue weighted by Crippen LogP contribution is -2.22. The van der Waals surface area contributed by atoms with E-state index in [2.05, 4.69) is 23.7 Å². The lowest BCUT2D eigenvalue weighted by molar-refractivity contribution is 0.0932. The van der Waals surface area contributed by atoms with Gasteiger partial charge in [0, 0.05) is 0 Å². The largest absolute Gasteiger partial charge is 0.377 e. The van der Waals surface area contributed by atoms with Crippen molar-refractivity contribution in [1.82, 2.24) is 0 Å². The van der Waals surface area contributed by atoms with E-state index in [0.29, 0.717) is 0 Å². The van der Waals surface area contributed by atoms with Gasteiger partial charge in [-0.25, -0.2) is 0 Å². The first-order valence-electron chi connectivity index (χ1n) is 2.93. The van der Waals surface area contributed by atoms with Crippen molar-refractivity contribution in [3.05, 3.63) is 0 Å². The molecule has 0 fully saturated rings. The lowest BCUT2D eigenvalue weighted by Gasteiger charge is -2.03. The Morgan fingerprint density at radius 1 is 0.900 bits per heavy atom. The highest BCUT2D eigenvalue weighted by molar-refractivity contribution is 5.14. The monoisotopic (exact) mass is 138 g/mol. The minimum absolute atomic E-state index is 1.04. The highest BCUT2D eigenvalue weighted by atomic mass is 16.3. The Morgan fingerprint density at radius 2 is 1.20 bits per heavy atom. The Bertz CT molecular complexity index is 175. The maximum absolute atomic E-state index is 8.92. The van der Waals surface area contributed by atoms with Crippen molar-refractivity contribution in [3.63, 3.8) is 0 Å². The third kappa shape index (κ3) is 3.14. The van der Waals surface area contributed by atoms with E-state index in [1.807, 2.05) is 0 Å². The van der Waals surface area contributed by atoms with Gasteiger partial charge in [0.15, 0.2) is 12.2 Å². The zero-order valence-electron chi connectivity index (χ0n) is 6.05. The summed E-state index contributed by atoms with van der Waals surface area (Å²) in [5.74, 6) is 9.72. The van der Waals surface area contributed by atoms with Crippen LogP contribution in [0.2, 0.25) is 0 Å². The van der Waals surface area contributed by atoms with E-state index in [-0.39, 0.29) is 0 Å². The molecule has 0 aliphatic heterocycles. The molecule has 0 radical (unpaired) electrons. The molecule has 0 amide bonds. The lowest BCUT2D eigenvalue weighted by atomic mass is 10.2. The van der Waals surface area contributed by atoms with E-state index in [9.17, 15) is 0 Å². The van der Waals surface area contributed by atoms with Crippen LogP contribution in [0.4, 0.5) is 0 Å². The normalized spacial score (nSPS) is 13.6. The van der Waals surface area contributed by atoms with Gasteiger partial charge in [-0.3, -0.25) is 0 Å². The summed E-state index contributed by atoms with van der Waals surface area (Å²) in [5, 5.41) is 17.8. The summed E-state index contributed by atoms with van der Waals surface area (Å²) >= 11 is 0. The molecule has 0 aromatic heterocycles. The van der Waals surface area contributed by atoms with Crippen LogP contribution in [-0.4, -0.2) is 22.4 Å². The minimum atomic E-state index is -1.04. The molecule has 2 heteroatoms. The number of rotatable bonds is 1.